The molecule has 2 aromatic carbocycles. The van der Waals surface area contributed by atoms with E-state index in [9.17, 15) is 14.7 Å². The number of ether oxygens (including phenoxy) is 1. The summed E-state index contributed by atoms with van der Waals surface area (Å²) < 4.78 is 5.70. The van der Waals surface area contributed by atoms with E-state index in [0.717, 1.165) is 11.1 Å². The molecule has 2 heterocycles. The van der Waals surface area contributed by atoms with Gasteiger partial charge in [0, 0.05) is 11.1 Å². The van der Waals surface area contributed by atoms with Gasteiger partial charge in [-0.25, -0.2) is 9.78 Å². The third-order valence-corrected chi connectivity index (χ3v) is 6.20. The van der Waals surface area contributed by atoms with Crippen molar-refractivity contribution in [1.82, 2.24) is 9.97 Å². The summed E-state index contributed by atoms with van der Waals surface area (Å²) in [5.41, 5.74) is 0.692. The number of esters is 1. The third-order valence-electron chi connectivity index (χ3n) is 6.20. The van der Waals surface area contributed by atoms with Crippen LogP contribution < -0.4 is 5.32 Å². The van der Waals surface area contributed by atoms with E-state index >= 15 is 0 Å². The molecule has 1 spiro atoms. The quantitative estimate of drug-likeness (QED) is 0.636. The number of aromatic nitrogens is 2. The van der Waals surface area contributed by atoms with Crippen molar-refractivity contribution in [3.8, 4) is 11.3 Å². The molecule has 1 aromatic heterocycles. The van der Waals surface area contributed by atoms with Gasteiger partial charge < -0.3 is 15.2 Å². The lowest BCUT2D eigenvalue weighted by Crippen LogP contribution is -2.49. The molecule has 0 bridgehead atoms. The van der Waals surface area contributed by atoms with Crippen LogP contribution in [0.2, 0.25) is 0 Å². The van der Waals surface area contributed by atoms with Crippen molar-refractivity contribution in [2.24, 2.45) is 0 Å². The standard InChI is InChI=1S/C24H21N3O4/c28-21-17-8-4-5-9-18(17)24(31-21)12-10-23(30,11-13-24)22(29)27-20-15-25-19(14-26-20)16-6-2-1-3-7-16/h1-9,14-15,30H,10-13H2,(H,26,27,29)/t23-,24-. The van der Waals surface area contributed by atoms with Crippen molar-refractivity contribution in [3.63, 3.8) is 0 Å². The Morgan fingerprint density at radius 3 is 2.35 bits per heavy atom. The predicted octanol–water partition coefficient (Wildman–Crippen LogP) is 3.45. The molecule has 1 saturated carbocycles. The fourth-order valence-corrected chi connectivity index (χ4v) is 4.39. The van der Waals surface area contributed by atoms with E-state index in [4.69, 9.17) is 4.74 Å². The highest BCUT2D eigenvalue weighted by molar-refractivity contribution is 5.97. The highest BCUT2D eigenvalue weighted by Gasteiger charge is 2.52. The molecule has 1 aliphatic heterocycles. The van der Waals surface area contributed by atoms with Gasteiger partial charge in [0.05, 0.1) is 23.7 Å². The molecule has 156 valence electrons. The van der Waals surface area contributed by atoms with Crippen molar-refractivity contribution in [2.45, 2.75) is 36.9 Å². The highest BCUT2D eigenvalue weighted by Crippen LogP contribution is 2.49. The Labute approximate surface area is 179 Å². The molecule has 7 nitrogen and oxygen atoms in total. The average Bonchev–Trinajstić information content (AvgIpc) is 3.09. The minimum atomic E-state index is -1.56. The number of hydrogen-bond acceptors (Lipinski definition) is 6. The molecule has 31 heavy (non-hydrogen) atoms. The summed E-state index contributed by atoms with van der Waals surface area (Å²) >= 11 is 0. The van der Waals surface area contributed by atoms with Crippen LogP contribution in [0.15, 0.2) is 67.0 Å². The first kappa shape index (κ1) is 19.4. The minimum Gasteiger partial charge on any atom is -0.451 e. The summed E-state index contributed by atoms with van der Waals surface area (Å²) in [7, 11) is 0. The summed E-state index contributed by atoms with van der Waals surface area (Å²) in [6.45, 7) is 0. The highest BCUT2D eigenvalue weighted by atomic mass is 16.6. The fraction of sp³-hybridized carbons (Fsp3) is 0.250. The summed E-state index contributed by atoms with van der Waals surface area (Å²) in [5, 5.41) is 13.7. The van der Waals surface area contributed by atoms with Gasteiger partial charge >= 0.3 is 5.97 Å². The molecular formula is C24H21N3O4. The molecule has 2 N–H and O–H groups in total. The normalized spacial score (nSPS) is 24.5. The van der Waals surface area contributed by atoms with Gasteiger partial charge in [-0.2, -0.15) is 0 Å². The van der Waals surface area contributed by atoms with Crippen molar-refractivity contribution in [3.05, 3.63) is 78.1 Å². The van der Waals surface area contributed by atoms with Crippen LogP contribution in [0.5, 0.6) is 0 Å². The number of nitrogens with one attached hydrogen (secondary N) is 1. The molecule has 7 heteroatoms. The second-order valence-corrected chi connectivity index (χ2v) is 8.07. The molecule has 0 saturated heterocycles. The van der Waals surface area contributed by atoms with Crippen molar-refractivity contribution in [2.75, 3.05) is 5.32 Å². The zero-order valence-corrected chi connectivity index (χ0v) is 16.7. The third kappa shape index (κ3) is 3.37. The first-order chi connectivity index (χ1) is 15.0. The average molecular weight is 415 g/mol. The number of amides is 1. The first-order valence-electron chi connectivity index (χ1n) is 10.2. The van der Waals surface area contributed by atoms with Gasteiger partial charge in [0.25, 0.3) is 5.91 Å². The van der Waals surface area contributed by atoms with E-state index < -0.39 is 17.1 Å². The topological polar surface area (TPSA) is 101 Å². The van der Waals surface area contributed by atoms with Crippen molar-refractivity contribution < 1.29 is 19.4 Å². The van der Waals surface area contributed by atoms with Gasteiger partial charge in [0.1, 0.15) is 11.2 Å². The number of carbonyl (C=O) groups excluding carboxylic acids is 2. The van der Waals surface area contributed by atoms with Crippen LogP contribution in [-0.4, -0.2) is 32.6 Å². The zero-order valence-electron chi connectivity index (χ0n) is 16.7. The Bertz CT molecular complexity index is 1140. The molecule has 1 aliphatic carbocycles. The van der Waals surface area contributed by atoms with E-state index in [2.05, 4.69) is 15.3 Å². The maximum atomic E-state index is 12.8. The Morgan fingerprint density at radius 1 is 0.935 bits per heavy atom. The molecule has 1 amide bonds. The molecule has 5 rings (SSSR count). The minimum absolute atomic E-state index is 0.177. The van der Waals surface area contributed by atoms with E-state index in [1.165, 1.54) is 6.20 Å². The number of aliphatic hydroxyl groups is 1. The lowest BCUT2D eigenvalue weighted by atomic mass is 9.72. The van der Waals surface area contributed by atoms with Crippen LogP contribution in [0.4, 0.5) is 5.82 Å². The molecular weight excluding hydrogens is 394 g/mol. The lowest BCUT2D eigenvalue weighted by molar-refractivity contribution is -0.144. The van der Waals surface area contributed by atoms with Crippen molar-refractivity contribution in [1.29, 1.82) is 0 Å². The maximum Gasteiger partial charge on any atom is 0.339 e. The number of nitrogens with zero attached hydrogens (tertiary/aromatic N) is 2. The van der Waals surface area contributed by atoms with Gasteiger partial charge in [-0.1, -0.05) is 48.5 Å². The zero-order chi connectivity index (χ0) is 21.5. The first-order valence-corrected chi connectivity index (χ1v) is 10.2. The Kier molecular flexibility index (Phi) is 4.55. The molecule has 0 radical (unpaired) electrons. The van der Waals surface area contributed by atoms with Crippen LogP contribution in [0, 0.1) is 0 Å². The lowest BCUT2D eigenvalue weighted by Gasteiger charge is -2.40. The number of fused-ring (bicyclic) bond motifs is 2. The summed E-state index contributed by atoms with van der Waals surface area (Å²) in [4.78, 5) is 33.6. The van der Waals surface area contributed by atoms with Gasteiger partial charge in [-0.3, -0.25) is 9.78 Å². The molecule has 0 atom stereocenters. The van der Waals surface area contributed by atoms with E-state index in [0.29, 0.717) is 24.1 Å². The van der Waals surface area contributed by atoms with Crippen LogP contribution in [-0.2, 0) is 15.1 Å². The smallest absolute Gasteiger partial charge is 0.339 e. The predicted molar refractivity (Wildman–Crippen MR) is 113 cm³/mol. The number of rotatable bonds is 3. The van der Waals surface area contributed by atoms with E-state index in [1.807, 2.05) is 42.5 Å². The summed E-state index contributed by atoms with van der Waals surface area (Å²) in [5.74, 6) is -0.600. The van der Waals surface area contributed by atoms with Gasteiger partial charge in [-0.15, -0.1) is 0 Å². The second kappa shape index (κ2) is 7.28. The number of anilines is 1. The number of hydrogen-bond donors (Lipinski definition) is 2. The van der Waals surface area contributed by atoms with Crippen LogP contribution in [0.25, 0.3) is 11.3 Å². The van der Waals surface area contributed by atoms with Crippen LogP contribution in [0.1, 0.15) is 41.6 Å². The SMILES string of the molecule is O=C1O[C@]2(CC[C@@](O)(C(=O)Nc3cnc(-c4ccccc4)cn3)CC2)c2ccccc21. The molecule has 1 fully saturated rings. The molecule has 0 unspecified atom stereocenters. The van der Waals surface area contributed by atoms with E-state index in [1.54, 1.807) is 18.3 Å². The Hall–Kier alpha value is -3.58. The summed E-state index contributed by atoms with van der Waals surface area (Å²) in [6.07, 6.45) is 4.16. The van der Waals surface area contributed by atoms with Gasteiger partial charge in [0.15, 0.2) is 5.82 Å². The van der Waals surface area contributed by atoms with Crippen LogP contribution >= 0.6 is 0 Å². The second-order valence-electron chi connectivity index (χ2n) is 8.07. The van der Waals surface area contributed by atoms with Gasteiger partial charge in [-0.05, 0) is 31.7 Å². The fourth-order valence-electron chi connectivity index (χ4n) is 4.39. The molecule has 2 aliphatic rings. The monoisotopic (exact) mass is 415 g/mol. The van der Waals surface area contributed by atoms with Crippen molar-refractivity contribution >= 4 is 17.7 Å². The molecule has 3 aromatic rings. The number of carbonyl (C=O) groups is 2. The Morgan fingerprint density at radius 2 is 1.65 bits per heavy atom. The Balaban J connectivity index is 1.28. The summed E-state index contributed by atoms with van der Waals surface area (Å²) in [6, 6.07) is 16.9. The van der Waals surface area contributed by atoms with Crippen LogP contribution in [0.3, 0.4) is 0 Å². The van der Waals surface area contributed by atoms with E-state index in [-0.39, 0.29) is 24.6 Å². The number of benzene rings is 2. The largest absolute Gasteiger partial charge is 0.451 e. The van der Waals surface area contributed by atoms with Gasteiger partial charge in [0.2, 0.25) is 0 Å². The maximum absolute atomic E-state index is 12.8.